The second kappa shape index (κ2) is 5.59. The third kappa shape index (κ3) is 2.18. The molecular weight excluding hydrogens is 407 g/mol. The minimum atomic E-state index is 1.12. The maximum absolute atomic E-state index is 5.10. The van der Waals surface area contributed by atoms with E-state index in [9.17, 15) is 0 Å². The monoisotopic (exact) mass is 424 g/mol. The van der Waals surface area contributed by atoms with Crippen LogP contribution in [-0.4, -0.2) is 9.97 Å². The first-order chi connectivity index (χ1) is 11.8. The van der Waals surface area contributed by atoms with E-state index in [2.05, 4.69) is 70.0 Å². The molecule has 0 bridgehead atoms. The van der Waals surface area contributed by atoms with Crippen molar-refractivity contribution in [3.63, 3.8) is 0 Å². The van der Waals surface area contributed by atoms with Crippen molar-refractivity contribution >= 4 is 44.4 Å². The molecule has 0 radical (unpaired) electrons. The molecule has 2 aromatic carbocycles. The molecule has 0 saturated carbocycles. The van der Waals surface area contributed by atoms with Crippen molar-refractivity contribution in [2.24, 2.45) is 0 Å². The number of benzene rings is 2. The van der Waals surface area contributed by atoms with Gasteiger partial charge in [-0.1, -0.05) is 12.1 Å². The molecule has 1 aliphatic rings. The number of rotatable bonds is 1. The Morgan fingerprint density at radius 1 is 0.875 bits per heavy atom. The molecule has 2 aromatic heterocycles. The molecule has 24 heavy (non-hydrogen) atoms. The van der Waals surface area contributed by atoms with Crippen LogP contribution in [0.2, 0.25) is 0 Å². The highest BCUT2D eigenvalue weighted by molar-refractivity contribution is 14.1. The lowest BCUT2D eigenvalue weighted by molar-refractivity contribution is 0.689. The average Bonchev–Trinajstić information content (AvgIpc) is 3.10. The predicted octanol–water partition coefficient (Wildman–Crippen LogP) is 5.87. The average molecular weight is 424 g/mol. The molecule has 0 fully saturated rings. The summed E-state index contributed by atoms with van der Waals surface area (Å²) in [4.78, 5) is 8.44. The third-order valence-corrected chi connectivity index (χ3v) is 5.84. The van der Waals surface area contributed by atoms with Crippen molar-refractivity contribution in [3.05, 3.63) is 63.4 Å². The van der Waals surface area contributed by atoms with Gasteiger partial charge in [-0.15, -0.1) is 0 Å². The van der Waals surface area contributed by atoms with Crippen molar-refractivity contribution in [1.29, 1.82) is 0 Å². The normalized spacial score (nSPS) is 14.2. The van der Waals surface area contributed by atoms with Gasteiger partial charge >= 0.3 is 0 Å². The second-order valence-corrected chi connectivity index (χ2v) is 7.78. The summed E-state index contributed by atoms with van der Waals surface area (Å²) in [6, 6.07) is 15.3. The molecule has 4 aromatic rings. The number of hydrogen-bond donors (Lipinski definition) is 1. The Kier molecular flexibility index (Phi) is 3.37. The van der Waals surface area contributed by atoms with E-state index in [0.717, 1.165) is 18.4 Å². The molecule has 0 atom stereocenters. The van der Waals surface area contributed by atoms with E-state index in [1.165, 1.54) is 55.1 Å². The van der Waals surface area contributed by atoms with Crippen LogP contribution >= 0.6 is 22.6 Å². The number of halogens is 1. The van der Waals surface area contributed by atoms with Crippen LogP contribution in [0.15, 0.2) is 48.7 Å². The van der Waals surface area contributed by atoms with Crippen LogP contribution in [0, 0.1) is 3.57 Å². The maximum Gasteiger partial charge on any atom is 0.0744 e. The molecule has 5 rings (SSSR count). The van der Waals surface area contributed by atoms with Gasteiger partial charge in [-0.3, -0.25) is 0 Å². The molecular formula is C21H17IN2. The molecule has 118 valence electrons. The van der Waals surface area contributed by atoms with Gasteiger partial charge in [0.15, 0.2) is 0 Å². The highest BCUT2D eigenvalue weighted by atomic mass is 127. The summed E-state index contributed by atoms with van der Waals surface area (Å²) in [5, 5.41) is 2.67. The van der Waals surface area contributed by atoms with Crippen LogP contribution in [0.1, 0.15) is 24.0 Å². The van der Waals surface area contributed by atoms with E-state index in [1.807, 2.05) is 6.20 Å². The maximum atomic E-state index is 5.10. The molecule has 0 saturated heterocycles. The van der Waals surface area contributed by atoms with Crippen molar-refractivity contribution in [2.45, 2.75) is 25.7 Å². The first kappa shape index (κ1) is 14.5. The highest BCUT2D eigenvalue weighted by Crippen LogP contribution is 2.37. The van der Waals surface area contributed by atoms with Crippen LogP contribution in [0.25, 0.3) is 33.1 Å². The van der Waals surface area contributed by atoms with Gasteiger partial charge in [0.2, 0.25) is 0 Å². The van der Waals surface area contributed by atoms with E-state index >= 15 is 0 Å². The number of fused-ring (bicyclic) bond motifs is 5. The number of hydrogen-bond acceptors (Lipinski definition) is 1. The number of aryl methyl sites for hydroxylation is 1. The van der Waals surface area contributed by atoms with Gasteiger partial charge in [0.05, 0.1) is 11.2 Å². The van der Waals surface area contributed by atoms with E-state index in [1.54, 1.807) is 0 Å². The highest BCUT2D eigenvalue weighted by Gasteiger charge is 2.20. The predicted molar refractivity (Wildman–Crippen MR) is 108 cm³/mol. The van der Waals surface area contributed by atoms with Crippen molar-refractivity contribution in [2.75, 3.05) is 0 Å². The molecule has 0 aliphatic heterocycles. The van der Waals surface area contributed by atoms with Crippen LogP contribution in [0.5, 0.6) is 0 Å². The lowest BCUT2D eigenvalue weighted by Gasteiger charge is -2.22. The molecule has 2 nitrogen and oxygen atoms in total. The lowest BCUT2D eigenvalue weighted by atomic mass is 9.85. The van der Waals surface area contributed by atoms with Crippen LogP contribution in [0.3, 0.4) is 0 Å². The van der Waals surface area contributed by atoms with Gasteiger partial charge in [0.1, 0.15) is 0 Å². The fourth-order valence-electron chi connectivity index (χ4n) is 4.01. The van der Waals surface area contributed by atoms with Crippen LogP contribution in [-0.2, 0) is 12.8 Å². The SMILES string of the molecule is Ic1ccc(-c2nc3ccc4[nH]ccc4c3c3c2CCCC3)cc1. The van der Waals surface area contributed by atoms with Crippen LogP contribution < -0.4 is 0 Å². The number of aromatic nitrogens is 2. The second-order valence-electron chi connectivity index (χ2n) is 6.53. The Hall–Kier alpha value is -1.88. The lowest BCUT2D eigenvalue weighted by Crippen LogP contribution is -2.07. The Labute approximate surface area is 154 Å². The summed E-state index contributed by atoms with van der Waals surface area (Å²) >= 11 is 2.36. The summed E-state index contributed by atoms with van der Waals surface area (Å²) in [7, 11) is 0. The number of nitrogens with zero attached hydrogens (tertiary/aromatic N) is 1. The summed E-state index contributed by atoms with van der Waals surface area (Å²) < 4.78 is 1.26. The van der Waals surface area contributed by atoms with Crippen molar-refractivity contribution < 1.29 is 0 Å². The Morgan fingerprint density at radius 3 is 2.50 bits per heavy atom. The Balaban J connectivity index is 1.88. The first-order valence-corrected chi connectivity index (χ1v) is 9.56. The number of H-pyrrole nitrogens is 1. The fraction of sp³-hybridized carbons (Fsp3) is 0.190. The molecule has 1 aliphatic carbocycles. The van der Waals surface area contributed by atoms with E-state index in [-0.39, 0.29) is 0 Å². The van der Waals surface area contributed by atoms with Gasteiger partial charge in [0, 0.05) is 31.6 Å². The Bertz CT molecular complexity index is 1060. The van der Waals surface area contributed by atoms with E-state index in [0.29, 0.717) is 0 Å². The molecule has 0 unspecified atom stereocenters. The zero-order valence-corrected chi connectivity index (χ0v) is 15.4. The first-order valence-electron chi connectivity index (χ1n) is 8.49. The minimum absolute atomic E-state index is 1.12. The van der Waals surface area contributed by atoms with Crippen molar-refractivity contribution in [1.82, 2.24) is 9.97 Å². The van der Waals surface area contributed by atoms with Gasteiger partial charge in [-0.05, 0) is 89.7 Å². The standard InChI is InChI=1S/C21H17IN2/c22-14-7-5-13(6-8-14)21-16-4-2-1-3-15(16)20-17-11-12-23-18(17)9-10-19(20)24-21/h5-12,23H,1-4H2. The largest absolute Gasteiger partial charge is 0.361 e. The third-order valence-electron chi connectivity index (χ3n) is 5.12. The summed E-state index contributed by atoms with van der Waals surface area (Å²) in [6.07, 6.45) is 6.88. The number of pyridine rings is 1. The molecule has 0 spiro atoms. The van der Waals surface area contributed by atoms with E-state index < -0.39 is 0 Å². The quantitative estimate of drug-likeness (QED) is 0.381. The van der Waals surface area contributed by atoms with Gasteiger partial charge in [-0.2, -0.15) is 0 Å². The molecule has 2 heterocycles. The topological polar surface area (TPSA) is 28.7 Å². The summed E-state index contributed by atoms with van der Waals surface area (Å²) in [5.41, 5.74) is 7.73. The molecule has 3 heteroatoms. The smallest absolute Gasteiger partial charge is 0.0744 e. The van der Waals surface area contributed by atoms with Gasteiger partial charge in [0.25, 0.3) is 0 Å². The molecule has 1 N–H and O–H groups in total. The fourth-order valence-corrected chi connectivity index (χ4v) is 4.37. The summed E-state index contributed by atoms with van der Waals surface area (Å²) in [6.45, 7) is 0. The Morgan fingerprint density at radius 2 is 1.67 bits per heavy atom. The molecule has 0 amide bonds. The zero-order valence-electron chi connectivity index (χ0n) is 13.3. The number of aromatic amines is 1. The minimum Gasteiger partial charge on any atom is -0.361 e. The summed E-state index contributed by atoms with van der Waals surface area (Å²) in [5.74, 6) is 0. The van der Waals surface area contributed by atoms with Crippen LogP contribution in [0.4, 0.5) is 0 Å². The van der Waals surface area contributed by atoms with Crippen molar-refractivity contribution in [3.8, 4) is 11.3 Å². The van der Waals surface area contributed by atoms with Gasteiger partial charge in [-0.25, -0.2) is 4.98 Å². The number of nitrogens with one attached hydrogen (secondary N) is 1. The van der Waals surface area contributed by atoms with Gasteiger partial charge < -0.3 is 4.98 Å². The zero-order chi connectivity index (χ0) is 16.1. The van der Waals surface area contributed by atoms with E-state index in [4.69, 9.17) is 4.98 Å².